The molecule has 3 aliphatic heterocycles. The molecule has 1 aromatic rings. The van der Waals surface area contributed by atoms with Crippen molar-refractivity contribution in [2.24, 2.45) is 0 Å². The summed E-state index contributed by atoms with van der Waals surface area (Å²) in [5.41, 5.74) is -0.649. The van der Waals surface area contributed by atoms with E-state index in [0.29, 0.717) is 30.1 Å². The maximum atomic E-state index is 12.4. The number of amides is 1. The predicted octanol–water partition coefficient (Wildman–Crippen LogP) is 3.00. The Bertz CT molecular complexity index is 881. The molecule has 0 bridgehead atoms. The van der Waals surface area contributed by atoms with Gasteiger partial charge in [-0.2, -0.15) is 0 Å². The van der Waals surface area contributed by atoms with Gasteiger partial charge in [-0.05, 0) is 56.7 Å². The topological polar surface area (TPSA) is 74.3 Å². The first-order valence-electron chi connectivity index (χ1n) is 9.26. The highest BCUT2D eigenvalue weighted by Crippen LogP contribution is 2.40. The number of nitrogens with zero attached hydrogens (tertiary/aromatic N) is 1. The fraction of sp³-hybridized carbons (Fsp3) is 0.429. The molecule has 1 fully saturated rings. The second-order valence-corrected chi connectivity index (χ2v) is 8.01. The zero-order valence-electron chi connectivity index (χ0n) is 16.2. The molecule has 7 heteroatoms. The van der Waals surface area contributed by atoms with Gasteiger partial charge in [-0.15, -0.1) is 0 Å². The standard InChI is InChI=1S/C21H23NO6/c1-20(2,3)28-19(24)12-22-18(23)7-9-21(22)8-6-15(27-21)10-14-4-5-16-17(11-14)26-13-25-16/h4-6,8,10-11H,7,9,12-13H2,1-3H3/b15-10-/t21-/m0/s1. The van der Waals surface area contributed by atoms with Gasteiger partial charge in [0.2, 0.25) is 18.4 Å². The quantitative estimate of drug-likeness (QED) is 0.745. The summed E-state index contributed by atoms with van der Waals surface area (Å²) < 4.78 is 22.2. The predicted molar refractivity (Wildman–Crippen MR) is 100 cm³/mol. The van der Waals surface area contributed by atoms with Crippen LogP contribution in [-0.2, 0) is 19.1 Å². The molecule has 0 aromatic heterocycles. The molecule has 0 N–H and O–H groups in total. The van der Waals surface area contributed by atoms with Crippen molar-refractivity contribution in [3.8, 4) is 11.5 Å². The number of rotatable bonds is 3. The van der Waals surface area contributed by atoms with Crippen molar-refractivity contribution in [3.63, 3.8) is 0 Å². The van der Waals surface area contributed by atoms with E-state index in [1.807, 2.05) is 36.4 Å². The summed E-state index contributed by atoms with van der Waals surface area (Å²) in [6, 6.07) is 5.62. The lowest BCUT2D eigenvalue weighted by Crippen LogP contribution is -2.48. The Morgan fingerprint density at radius 2 is 2.07 bits per heavy atom. The van der Waals surface area contributed by atoms with E-state index in [1.54, 1.807) is 20.8 Å². The van der Waals surface area contributed by atoms with Crippen LogP contribution < -0.4 is 9.47 Å². The van der Waals surface area contributed by atoms with E-state index in [2.05, 4.69) is 0 Å². The number of carbonyl (C=O) groups is 2. The molecule has 1 atom stereocenters. The first kappa shape index (κ1) is 18.4. The molecule has 7 nitrogen and oxygen atoms in total. The first-order valence-corrected chi connectivity index (χ1v) is 9.26. The summed E-state index contributed by atoms with van der Waals surface area (Å²) in [6.45, 7) is 5.47. The van der Waals surface area contributed by atoms with Crippen molar-refractivity contribution in [1.82, 2.24) is 4.90 Å². The van der Waals surface area contributed by atoms with Gasteiger partial charge in [0.25, 0.3) is 0 Å². The van der Waals surface area contributed by atoms with Crippen LogP contribution >= 0.6 is 0 Å². The summed E-state index contributed by atoms with van der Waals surface area (Å²) in [5.74, 6) is 1.44. The highest BCUT2D eigenvalue weighted by atomic mass is 16.7. The summed E-state index contributed by atoms with van der Waals surface area (Å²) in [5, 5.41) is 0. The molecule has 3 heterocycles. The maximum Gasteiger partial charge on any atom is 0.326 e. The molecule has 1 saturated heterocycles. The van der Waals surface area contributed by atoms with Crippen LogP contribution in [-0.4, -0.2) is 41.4 Å². The molecule has 0 radical (unpaired) electrons. The summed E-state index contributed by atoms with van der Waals surface area (Å²) in [7, 11) is 0. The van der Waals surface area contributed by atoms with Gasteiger partial charge in [-0.1, -0.05) is 6.07 Å². The SMILES string of the molecule is CC(C)(C)OC(=O)CN1C(=O)CC[C@@]12C=C/C(=C/c1ccc3c(c1)OCO3)O2. The molecule has 1 aromatic carbocycles. The van der Waals surface area contributed by atoms with Crippen LogP contribution in [0.15, 0.2) is 36.1 Å². The Morgan fingerprint density at radius 3 is 2.86 bits per heavy atom. The average Bonchev–Trinajstić information content (AvgIpc) is 3.29. The lowest BCUT2D eigenvalue weighted by Gasteiger charge is -2.33. The molecular formula is C21H23NO6. The Labute approximate surface area is 163 Å². The number of allylic oxidation sites excluding steroid dienone is 1. The molecule has 1 amide bonds. The largest absolute Gasteiger partial charge is 0.464 e. The van der Waals surface area contributed by atoms with Crippen LogP contribution in [0.4, 0.5) is 0 Å². The third-order valence-electron chi connectivity index (χ3n) is 4.67. The fourth-order valence-corrected chi connectivity index (χ4v) is 3.50. The van der Waals surface area contributed by atoms with Crippen molar-refractivity contribution >= 4 is 18.0 Å². The van der Waals surface area contributed by atoms with E-state index >= 15 is 0 Å². The highest BCUT2D eigenvalue weighted by molar-refractivity contribution is 5.85. The van der Waals surface area contributed by atoms with Gasteiger partial charge >= 0.3 is 5.97 Å². The van der Waals surface area contributed by atoms with Gasteiger partial charge in [0, 0.05) is 12.8 Å². The Balaban J connectivity index is 1.50. The zero-order valence-corrected chi connectivity index (χ0v) is 16.2. The number of likely N-dealkylation sites (tertiary alicyclic amines) is 1. The molecule has 28 heavy (non-hydrogen) atoms. The minimum atomic E-state index is -0.934. The number of esters is 1. The van der Waals surface area contributed by atoms with E-state index in [1.165, 1.54) is 4.90 Å². The number of carbonyl (C=O) groups excluding carboxylic acids is 2. The summed E-state index contributed by atoms with van der Waals surface area (Å²) >= 11 is 0. The lowest BCUT2D eigenvalue weighted by molar-refractivity contribution is -0.165. The highest BCUT2D eigenvalue weighted by Gasteiger charge is 2.49. The second-order valence-electron chi connectivity index (χ2n) is 8.01. The lowest BCUT2D eigenvalue weighted by atomic mass is 10.1. The average molecular weight is 385 g/mol. The monoisotopic (exact) mass is 385 g/mol. The van der Waals surface area contributed by atoms with Crippen LogP contribution in [0.2, 0.25) is 0 Å². The normalized spacial score (nSPS) is 24.3. The van der Waals surface area contributed by atoms with Crippen molar-refractivity contribution in [2.75, 3.05) is 13.3 Å². The number of benzene rings is 1. The van der Waals surface area contributed by atoms with E-state index in [0.717, 1.165) is 5.56 Å². The van der Waals surface area contributed by atoms with E-state index in [-0.39, 0.29) is 19.2 Å². The maximum absolute atomic E-state index is 12.4. The second kappa shape index (κ2) is 6.58. The van der Waals surface area contributed by atoms with Crippen LogP contribution in [0.5, 0.6) is 11.5 Å². The van der Waals surface area contributed by atoms with E-state index in [4.69, 9.17) is 18.9 Å². The Morgan fingerprint density at radius 1 is 1.29 bits per heavy atom. The molecule has 148 valence electrons. The van der Waals surface area contributed by atoms with Crippen molar-refractivity contribution in [1.29, 1.82) is 0 Å². The molecular weight excluding hydrogens is 362 g/mol. The third-order valence-corrected chi connectivity index (χ3v) is 4.67. The van der Waals surface area contributed by atoms with Gasteiger partial charge in [0.15, 0.2) is 11.5 Å². The van der Waals surface area contributed by atoms with Crippen LogP contribution in [0, 0.1) is 0 Å². The number of hydrogen-bond acceptors (Lipinski definition) is 6. The van der Waals surface area contributed by atoms with Gasteiger partial charge in [-0.25, -0.2) is 0 Å². The first-order chi connectivity index (χ1) is 13.2. The van der Waals surface area contributed by atoms with E-state index < -0.39 is 17.3 Å². The van der Waals surface area contributed by atoms with Crippen LogP contribution in [0.1, 0.15) is 39.2 Å². The van der Waals surface area contributed by atoms with Crippen molar-refractivity contribution in [2.45, 2.75) is 44.9 Å². The van der Waals surface area contributed by atoms with Crippen LogP contribution in [0.25, 0.3) is 6.08 Å². The van der Waals surface area contributed by atoms with Crippen molar-refractivity contribution in [3.05, 3.63) is 41.7 Å². The number of ether oxygens (including phenoxy) is 4. The van der Waals surface area contributed by atoms with Gasteiger partial charge in [-0.3, -0.25) is 14.5 Å². The van der Waals surface area contributed by atoms with Gasteiger partial charge in [0.05, 0.1) is 0 Å². The number of hydrogen-bond donors (Lipinski definition) is 0. The smallest absolute Gasteiger partial charge is 0.326 e. The molecule has 0 unspecified atom stereocenters. The molecule has 1 spiro atoms. The van der Waals surface area contributed by atoms with E-state index in [9.17, 15) is 9.59 Å². The van der Waals surface area contributed by atoms with Crippen molar-refractivity contribution < 1.29 is 28.5 Å². The molecule has 4 rings (SSSR count). The molecule has 0 saturated carbocycles. The minimum Gasteiger partial charge on any atom is -0.464 e. The zero-order chi connectivity index (χ0) is 19.9. The summed E-state index contributed by atoms with van der Waals surface area (Å²) in [4.78, 5) is 26.1. The minimum absolute atomic E-state index is 0.125. The van der Waals surface area contributed by atoms with Crippen LogP contribution in [0.3, 0.4) is 0 Å². The molecule has 3 aliphatic rings. The third kappa shape index (κ3) is 3.56. The Kier molecular flexibility index (Phi) is 4.33. The van der Waals surface area contributed by atoms with Gasteiger partial charge < -0.3 is 18.9 Å². The Hall–Kier alpha value is -2.96. The summed E-state index contributed by atoms with van der Waals surface area (Å²) in [6.07, 6.45) is 6.34. The molecule has 0 aliphatic carbocycles. The number of fused-ring (bicyclic) bond motifs is 1. The van der Waals surface area contributed by atoms with Gasteiger partial charge in [0.1, 0.15) is 17.9 Å². The fourth-order valence-electron chi connectivity index (χ4n) is 3.50.